The summed E-state index contributed by atoms with van der Waals surface area (Å²) in [7, 11) is 1.56. The molecule has 0 saturated heterocycles. The highest BCUT2D eigenvalue weighted by Crippen LogP contribution is 2.18. The van der Waals surface area contributed by atoms with Crippen molar-refractivity contribution in [1.82, 2.24) is 0 Å². The van der Waals surface area contributed by atoms with Gasteiger partial charge in [0, 0.05) is 0 Å². The van der Waals surface area contributed by atoms with Gasteiger partial charge in [0.25, 0.3) is 0 Å². The highest BCUT2D eigenvalue weighted by atomic mass is 35.5. The quantitative estimate of drug-likeness (QED) is 0.692. The second-order valence-corrected chi connectivity index (χ2v) is 5.87. The number of quaternary nitrogens is 1. The smallest absolute Gasteiger partial charge is 0.342 e. The average Bonchev–Trinajstić information content (AvgIpc) is 2.53. The summed E-state index contributed by atoms with van der Waals surface area (Å²) < 4.78 is 10.6. The molecule has 1 saturated carbocycles. The van der Waals surface area contributed by atoms with Gasteiger partial charge in [0.05, 0.1) is 13.2 Å². The molecule has 0 radical (unpaired) electrons. The lowest BCUT2D eigenvalue weighted by molar-refractivity contribution is -0.721. The van der Waals surface area contributed by atoms with E-state index in [4.69, 9.17) is 9.47 Å². The zero-order chi connectivity index (χ0) is 15.1. The largest absolute Gasteiger partial charge is 1.00 e. The Morgan fingerprint density at radius 2 is 1.95 bits per heavy atom. The van der Waals surface area contributed by atoms with Gasteiger partial charge < -0.3 is 27.2 Å². The molecule has 1 aromatic carbocycles. The van der Waals surface area contributed by atoms with Crippen LogP contribution in [0.15, 0.2) is 24.3 Å². The van der Waals surface area contributed by atoms with E-state index in [-0.39, 0.29) is 18.4 Å². The lowest BCUT2D eigenvalue weighted by Crippen LogP contribution is -3.00. The Kier molecular flexibility index (Phi) is 8.28. The van der Waals surface area contributed by atoms with Gasteiger partial charge in [-0.1, -0.05) is 18.6 Å². The molecule has 2 rings (SSSR count). The van der Waals surface area contributed by atoms with Crippen molar-refractivity contribution < 1.29 is 32.0 Å². The van der Waals surface area contributed by atoms with Crippen LogP contribution in [0.1, 0.15) is 49.4 Å². The van der Waals surface area contributed by atoms with Crippen molar-refractivity contribution in [2.45, 2.75) is 51.1 Å². The summed E-state index contributed by atoms with van der Waals surface area (Å²) in [5.74, 6) is 0.253. The summed E-state index contributed by atoms with van der Waals surface area (Å²) in [6.07, 6.45) is 6.58. The highest BCUT2D eigenvalue weighted by Gasteiger charge is 2.20. The first kappa shape index (κ1) is 18.8. The van der Waals surface area contributed by atoms with Gasteiger partial charge in [-0.3, -0.25) is 0 Å². The summed E-state index contributed by atoms with van der Waals surface area (Å²) in [4.78, 5) is 12.1. The number of benzene rings is 1. The van der Waals surface area contributed by atoms with Crippen LogP contribution in [0, 0.1) is 0 Å². The number of halogens is 1. The molecule has 0 aliphatic heterocycles. The normalized spacial score (nSPS) is 16.5. The fourth-order valence-electron chi connectivity index (χ4n) is 2.94. The lowest BCUT2D eigenvalue weighted by atomic mass is 9.95. The fourth-order valence-corrected chi connectivity index (χ4v) is 2.94. The summed E-state index contributed by atoms with van der Waals surface area (Å²) in [5, 5.41) is 2.36. The van der Waals surface area contributed by atoms with Crippen LogP contribution >= 0.6 is 0 Å². The third-order valence-electron chi connectivity index (χ3n) is 4.05. The van der Waals surface area contributed by atoms with E-state index >= 15 is 0 Å². The molecule has 1 atom stereocenters. The molecule has 1 aromatic rings. The number of nitrogens with two attached hydrogens (primary N) is 1. The maximum absolute atomic E-state index is 12.1. The second kappa shape index (κ2) is 9.70. The Morgan fingerprint density at radius 3 is 2.64 bits per heavy atom. The van der Waals surface area contributed by atoms with E-state index in [9.17, 15) is 4.79 Å². The van der Waals surface area contributed by atoms with Crippen LogP contribution in [0.2, 0.25) is 0 Å². The Labute approximate surface area is 139 Å². The molecule has 2 N–H and O–H groups in total. The molecule has 0 aromatic heterocycles. The van der Waals surface area contributed by atoms with Crippen LogP contribution in [0.3, 0.4) is 0 Å². The number of para-hydroxylation sites is 1. The number of carbonyl (C=O) groups is 1. The van der Waals surface area contributed by atoms with E-state index in [0.717, 1.165) is 0 Å². The molecule has 1 unspecified atom stereocenters. The van der Waals surface area contributed by atoms with E-state index in [0.29, 0.717) is 30.0 Å². The Bertz CT molecular complexity index is 461. The maximum atomic E-state index is 12.1. The minimum atomic E-state index is -0.309. The summed E-state index contributed by atoms with van der Waals surface area (Å²) >= 11 is 0. The summed E-state index contributed by atoms with van der Waals surface area (Å²) in [6.45, 7) is 2.55. The lowest BCUT2D eigenvalue weighted by Gasteiger charge is -2.23. The van der Waals surface area contributed by atoms with Crippen molar-refractivity contribution in [2.75, 3.05) is 13.7 Å². The number of hydrogen-bond acceptors (Lipinski definition) is 3. The fraction of sp³-hybridized carbons (Fsp3) is 0.588. The minimum absolute atomic E-state index is 0. The molecule has 124 valence electrons. The van der Waals surface area contributed by atoms with Crippen molar-refractivity contribution in [3.8, 4) is 5.75 Å². The molecule has 1 aliphatic carbocycles. The number of ether oxygens (including phenoxy) is 2. The number of hydrogen-bond donors (Lipinski definition) is 1. The first-order chi connectivity index (χ1) is 10.2. The SMILES string of the molecule is COc1ccccc1C(=O)OCC(C)[NH2+]C1CCCCC1.[Cl-]. The number of esters is 1. The van der Waals surface area contributed by atoms with Gasteiger partial charge in [0.2, 0.25) is 0 Å². The Balaban J connectivity index is 0.00000242. The first-order valence-electron chi connectivity index (χ1n) is 7.86. The van der Waals surface area contributed by atoms with Crippen molar-refractivity contribution in [3.05, 3.63) is 29.8 Å². The van der Waals surface area contributed by atoms with Crippen molar-refractivity contribution in [1.29, 1.82) is 0 Å². The van der Waals surface area contributed by atoms with Gasteiger partial charge in [-0.15, -0.1) is 0 Å². The predicted molar refractivity (Wildman–Crippen MR) is 81.5 cm³/mol. The molecule has 5 heteroatoms. The van der Waals surface area contributed by atoms with Gasteiger partial charge in [-0.2, -0.15) is 0 Å². The molecule has 4 nitrogen and oxygen atoms in total. The Hall–Kier alpha value is -1.26. The zero-order valence-electron chi connectivity index (χ0n) is 13.4. The van der Waals surface area contributed by atoms with Gasteiger partial charge in [-0.05, 0) is 44.7 Å². The van der Waals surface area contributed by atoms with Crippen LogP contribution < -0.4 is 22.5 Å². The standard InChI is InChI=1S/C17H25NO3.ClH/c1-13(18-14-8-4-3-5-9-14)12-21-17(19)15-10-6-7-11-16(15)20-2;/h6-7,10-11,13-14,18H,3-5,8-9,12H2,1-2H3;1H. The first-order valence-corrected chi connectivity index (χ1v) is 7.86. The van der Waals surface area contributed by atoms with E-state index in [1.165, 1.54) is 32.1 Å². The molecule has 0 amide bonds. The van der Waals surface area contributed by atoms with Crippen LogP contribution in [-0.2, 0) is 4.74 Å². The van der Waals surface area contributed by atoms with Crippen LogP contribution in [0.4, 0.5) is 0 Å². The topological polar surface area (TPSA) is 52.1 Å². The summed E-state index contributed by atoms with van der Waals surface area (Å²) in [6, 6.07) is 8.15. The zero-order valence-corrected chi connectivity index (χ0v) is 14.1. The number of methoxy groups -OCH3 is 1. The van der Waals surface area contributed by atoms with Gasteiger partial charge in [0.15, 0.2) is 0 Å². The predicted octanol–water partition coefficient (Wildman–Crippen LogP) is -0.859. The van der Waals surface area contributed by atoms with E-state index < -0.39 is 0 Å². The van der Waals surface area contributed by atoms with Crippen molar-refractivity contribution in [2.24, 2.45) is 0 Å². The van der Waals surface area contributed by atoms with E-state index in [1.807, 2.05) is 12.1 Å². The van der Waals surface area contributed by atoms with Gasteiger partial charge in [0.1, 0.15) is 24.0 Å². The second-order valence-electron chi connectivity index (χ2n) is 5.87. The highest BCUT2D eigenvalue weighted by molar-refractivity contribution is 5.92. The summed E-state index contributed by atoms with van der Waals surface area (Å²) in [5.41, 5.74) is 0.491. The molecule has 1 fully saturated rings. The molecule has 0 bridgehead atoms. The molecule has 0 heterocycles. The monoisotopic (exact) mass is 327 g/mol. The molecule has 22 heavy (non-hydrogen) atoms. The van der Waals surface area contributed by atoms with Gasteiger partial charge >= 0.3 is 5.97 Å². The van der Waals surface area contributed by atoms with E-state index in [1.54, 1.807) is 19.2 Å². The van der Waals surface area contributed by atoms with Crippen LogP contribution in [0.25, 0.3) is 0 Å². The van der Waals surface area contributed by atoms with Gasteiger partial charge in [-0.25, -0.2) is 4.79 Å². The molecular formula is C17H26ClNO3. The van der Waals surface area contributed by atoms with E-state index in [2.05, 4.69) is 12.2 Å². The molecule has 0 spiro atoms. The molecule has 1 aliphatic rings. The van der Waals surface area contributed by atoms with Crippen LogP contribution in [-0.4, -0.2) is 31.8 Å². The minimum Gasteiger partial charge on any atom is -1.00 e. The van der Waals surface area contributed by atoms with Crippen LogP contribution in [0.5, 0.6) is 5.75 Å². The third-order valence-corrected chi connectivity index (χ3v) is 4.05. The Morgan fingerprint density at radius 1 is 1.27 bits per heavy atom. The maximum Gasteiger partial charge on any atom is 0.342 e. The average molecular weight is 328 g/mol. The number of rotatable bonds is 6. The van der Waals surface area contributed by atoms with Crippen molar-refractivity contribution in [3.63, 3.8) is 0 Å². The van der Waals surface area contributed by atoms with Crippen molar-refractivity contribution >= 4 is 5.97 Å². The number of carbonyl (C=O) groups excluding carboxylic acids is 1. The molecular weight excluding hydrogens is 302 g/mol. The third kappa shape index (κ3) is 5.50.